The molecule has 100 valence electrons. The fraction of sp³-hybridized carbons (Fsp3) is 0.600. The lowest BCUT2D eigenvalue weighted by molar-refractivity contribution is -0.0782. The van der Waals surface area contributed by atoms with E-state index in [4.69, 9.17) is 4.74 Å². The lowest BCUT2D eigenvalue weighted by atomic mass is 10.0. The summed E-state index contributed by atoms with van der Waals surface area (Å²) in [6.45, 7) is 8.42. The van der Waals surface area contributed by atoms with Gasteiger partial charge in [0, 0.05) is 19.1 Å². The number of rotatable bonds is 3. The molecule has 0 aliphatic carbocycles. The van der Waals surface area contributed by atoms with Crippen molar-refractivity contribution in [2.75, 3.05) is 13.1 Å². The van der Waals surface area contributed by atoms with Crippen LogP contribution in [-0.2, 0) is 11.2 Å². The summed E-state index contributed by atoms with van der Waals surface area (Å²) in [6.07, 6.45) is 1.55. The van der Waals surface area contributed by atoms with E-state index < -0.39 is 0 Å². The predicted molar refractivity (Wildman–Crippen MR) is 71.1 cm³/mol. The van der Waals surface area contributed by atoms with Crippen LogP contribution in [0.5, 0.6) is 0 Å². The summed E-state index contributed by atoms with van der Waals surface area (Å²) in [5.74, 6) is -0.167. The Morgan fingerprint density at radius 2 is 1.78 bits per heavy atom. The standard InChI is InChI=1S/C15H22FNO/c1-11(8-14-4-6-15(16)7-5-14)17-9-12(2)18-13(3)10-17/h4-7,11-13H,8-10H2,1-3H3/t11-,12-,13+/m0/s1. The van der Waals surface area contributed by atoms with E-state index in [9.17, 15) is 4.39 Å². The zero-order chi connectivity index (χ0) is 13.1. The summed E-state index contributed by atoms with van der Waals surface area (Å²) in [5.41, 5.74) is 1.19. The number of hydrogen-bond donors (Lipinski definition) is 0. The molecule has 1 aromatic carbocycles. The third kappa shape index (κ3) is 3.53. The SMILES string of the molecule is C[C@@H]1CN([C@@H](C)Cc2ccc(F)cc2)C[C@H](C)O1. The Bertz CT molecular complexity index is 369. The maximum Gasteiger partial charge on any atom is 0.123 e. The van der Waals surface area contributed by atoms with Gasteiger partial charge < -0.3 is 4.74 Å². The fourth-order valence-corrected chi connectivity index (χ4v) is 2.67. The number of ether oxygens (including phenoxy) is 1. The second kappa shape index (κ2) is 5.81. The van der Waals surface area contributed by atoms with Gasteiger partial charge >= 0.3 is 0 Å². The predicted octanol–water partition coefficient (Wildman–Crippen LogP) is 2.87. The molecule has 1 aliphatic heterocycles. The van der Waals surface area contributed by atoms with Crippen LogP contribution in [0.2, 0.25) is 0 Å². The molecule has 1 saturated heterocycles. The van der Waals surface area contributed by atoms with E-state index in [1.54, 1.807) is 0 Å². The summed E-state index contributed by atoms with van der Waals surface area (Å²) in [7, 11) is 0. The summed E-state index contributed by atoms with van der Waals surface area (Å²) in [5, 5.41) is 0. The highest BCUT2D eigenvalue weighted by Gasteiger charge is 2.25. The molecule has 18 heavy (non-hydrogen) atoms. The average Bonchev–Trinajstić information content (AvgIpc) is 2.31. The highest BCUT2D eigenvalue weighted by molar-refractivity contribution is 5.17. The Morgan fingerprint density at radius 3 is 2.33 bits per heavy atom. The first kappa shape index (κ1) is 13.5. The molecular weight excluding hydrogens is 229 g/mol. The first-order valence-electron chi connectivity index (χ1n) is 6.68. The Labute approximate surface area is 109 Å². The topological polar surface area (TPSA) is 12.5 Å². The zero-order valence-electron chi connectivity index (χ0n) is 11.4. The molecule has 0 bridgehead atoms. The number of benzene rings is 1. The molecule has 1 fully saturated rings. The van der Waals surface area contributed by atoms with Gasteiger partial charge in [-0.25, -0.2) is 4.39 Å². The first-order chi connectivity index (χ1) is 8.54. The number of halogens is 1. The Balaban J connectivity index is 1.94. The van der Waals surface area contributed by atoms with E-state index in [0.717, 1.165) is 19.5 Å². The molecule has 1 aliphatic rings. The van der Waals surface area contributed by atoms with Crippen molar-refractivity contribution >= 4 is 0 Å². The van der Waals surface area contributed by atoms with Crippen LogP contribution in [0.4, 0.5) is 4.39 Å². The van der Waals surface area contributed by atoms with Crippen molar-refractivity contribution in [1.82, 2.24) is 4.90 Å². The molecule has 0 radical (unpaired) electrons. The average molecular weight is 251 g/mol. The van der Waals surface area contributed by atoms with Gasteiger partial charge in [-0.1, -0.05) is 12.1 Å². The van der Waals surface area contributed by atoms with Crippen LogP contribution in [0, 0.1) is 5.82 Å². The van der Waals surface area contributed by atoms with E-state index in [-0.39, 0.29) is 5.82 Å². The van der Waals surface area contributed by atoms with Gasteiger partial charge in [0.2, 0.25) is 0 Å². The van der Waals surface area contributed by atoms with E-state index in [2.05, 4.69) is 25.7 Å². The molecule has 2 nitrogen and oxygen atoms in total. The van der Waals surface area contributed by atoms with Crippen LogP contribution in [0.25, 0.3) is 0 Å². The van der Waals surface area contributed by atoms with Gasteiger partial charge in [0.25, 0.3) is 0 Å². The quantitative estimate of drug-likeness (QED) is 0.819. The molecule has 0 saturated carbocycles. The van der Waals surface area contributed by atoms with E-state index >= 15 is 0 Å². The third-order valence-electron chi connectivity index (χ3n) is 3.52. The molecule has 1 aromatic rings. The summed E-state index contributed by atoms with van der Waals surface area (Å²) < 4.78 is 18.6. The van der Waals surface area contributed by atoms with Crippen LogP contribution >= 0.6 is 0 Å². The molecule has 0 amide bonds. The monoisotopic (exact) mass is 251 g/mol. The lowest BCUT2D eigenvalue weighted by Crippen LogP contribution is -2.49. The Kier molecular flexibility index (Phi) is 4.36. The molecule has 3 atom stereocenters. The van der Waals surface area contributed by atoms with Crippen molar-refractivity contribution in [1.29, 1.82) is 0 Å². The van der Waals surface area contributed by atoms with Gasteiger partial charge in [0.05, 0.1) is 12.2 Å². The number of morpholine rings is 1. The van der Waals surface area contributed by atoms with Gasteiger partial charge in [-0.3, -0.25) is 4.90 Å². The molecular formula is C15H22FNO. The Hall–Kier alpha value is -0.930. The molecule has 1 heterocycles. The maximum atomic E-state index is 12.9. The molecule has 0 spiro atoms. The fourth-order valence-electron chi connectivity index (χ4n) is 2.67. The van der Waals surface area contributed by atoms with Crippen LogP contribution in [0.3, 0.4) is 0 Å². The minimum Gasteiger partial charge on any atom is -0.373 e. The first-order valence-corrected chi connectivity index (χ1v) is 6.68. The smallest absolute Gasteiger partial charge is 0.123 e. The molecule has 0 N–H and O–H groups in total. The third-order valence-corrected chi connectivity index (χ3v) is 3.52. The van der Waals surface area contributed by atoms with Crippen LogP contribution in [0.15, 0.2) is 24.3 Å². The van der Waals surface area contributed by atoms with Crippen molar-refractivity contribution in [3.05, 3.63) is 35.6 Å². The summed E-state index contributed by atoms with van der Waals surface area (Å²) in [6, 6.07) is 7.28. The largest absolute Gasteiger partial charge is 0.373 e. The number of hydrogen-bond acceptors (Lipinski definition) is 2. The van der Waals surface area contributed by atoms with Crippen molar-refractivity contribution in [2.45, 2.75) is 45.4 Å². The van der Waals surface area contributed by atoms with E-state index in [0.29, 0.717) is 18.2 Å². The van der Waals surface area contributed by atoms with Crippen molar-refractivity contribution in [3.63, 3.8) is 0 Å². The van der Waals surface area contributed by atoms with Crippen LogP contribution in [-0.4, -0.2) is 36.2 Å². The van der Waals surface area contributed by atoms with Crippen LogP contribution in [0.1, 0.15) is 26.3 Å². The van der Waals surface area contributed by atoms with Gasteiger partial charge in [0.1, 0.15) is 5.82 Å². The van der Waals surface area contributed by atoms with E-state index in [1.165, 1.54) is 17.7 Å². The normalized spacial score (nSPS) is 27.1. The van der Waals surface area contributed by atoms with E-state index in [1.807, 2.05) is 12.1 Å². The number of nitrogens with zero attached hydrogens (tertiary/aromatic N) is 1. The molecule has 3 heteroatoms. The summed E-state index contributed by atoms with van der Waals surface area (Å²) >= 11 is 0. The van der Waals surface area contributed by atoms with Gasteiger partial charge in [-0.05, 0) is 44.9 Å². The summed E-state index contributed by atoms with van der Waals surface area (Å²) in [4.78, 5) is 2.46. The van der Waals surface area contributed by atoms with Crippen molar-refractivity contribution < 1.29 is 9.13 Å². The molecule has 0 aromatic heterocycles. The highest BCUT2D eigenvalue weighted by atomic mass is 19.1. The second-order valence-corrected chi connectivity index (χ2v) is 5.39. The lowest BCUT2D eigenvalue weighted by Gasteiger charge is -2.39. The second-order valence-electron chi connectivity index (χ2n) is 5.39. The van der Waals surface area contributed by atoms with Gasteiger partial charge in [0.15, 0.2) is 0 Å². The van der Waals surface area contributed by atoms with Crippen molar-refractivity contribution in [2.24, 2.45) is 0 Å². The van der Waals surface area contributed by atoms with Gasteiger partial charge in [-0.15, -0.1) is 0 Å². The van der Waals surface area contributed by atoms with Crippen LogP contribution < -0.4 is 0 Å². The minimum absolute atomic E-state index is 0.167. The zero-order valence-corrected chi connectivity index (χ0v) is 11.4. The minimum atomic E-state index is -0.167. The highest BCUT2D eigenvalue weighted by Crippen LogP contribution is 2.16. The maximum absolute atomic E-state index is 12.9. The molecule has 2 rings (SSSR count). The Morgan fingerprint density at radius 1 is 1.22 bits per heavy atom. The van der Waals surface area contributed by atoms with Crippen molar-refractivity contribution in [3.8, 4) is 0 Å². The molecule has 0 unspecified atom stereocenters. The van der Waals surface area contributed by atoms with Gasteiger partial charge in [-0.2, -0.15) is 0 Å².